The molecule has 1 amide bonds. The number of amides is 1. The fourth-order valence-corrected chi connectivity index (χ4v) is 1.11. The summed E-state index contributed by atoms with van der Waals surface area (Å²) in [6, 6.07) is 3.35. The topological polar surface area (TPSA) is 54.0 Å². The van der Waals surface area contributed by atoms with Crippen LogP contribution in [0.5, 0.6) is 0 Å². The lowest BCUT2D eigenvalue weighted by Crippen LogP contribution is -2.41. The number of halogens is 1. The van der Waals surface area contributed by atoms with E-state index in [4.69, 9.17) is 11.6 Å². The molecule has 0 saturated carbocycles. The molecular weight excluding hydrogens is 226 g/mol. The van der Waals surface area contributed by atoms with Crippen LogP contribution in [0, 0.1) is 0 Å². The zero-order valence-electron chi connectivity index (χ0n) is 9.67. The Morgan fingerprint density at radius 3 is 2.62 bits per heavy atom. The van der Waals surface area contributed by atoms with E-state index >= 15 is 0 Å². The lowest BCUT2D eigenvalue weighted by Gasteiger charge is -2.19. The van der Waals surface area contributed by atoms with Crippen LogP contribution in [0.15, 0.2) is 18.3 Å². The third-order valence-electron chi connectivity index (χ3n) is 1.79. The van der Waals surface area contributed by atoms with Gasteiger partial charge in [0.1, 0.15) is 5.15 Å². The number of carbonyl (C=O) groups excluding carboxylic acids is 1. The Kier molecular flexibility index (Phi) is 4.26. The fraction of sp³-hybridized carbons (Fsp3) is 0.455. The molecule has 0 unspecified atom stereocenters. The molecule has 1 aromatic heterocycles. The average Bonchev–Trinajstić information content (AvgIpc) is 2.18. The number of nitrogens with zero attached hydrogens (tertiary/aromatic N) is 1. The van der Waals surface area contributed by atoms with Gasteiger partial charge in [-0.2, -0.15) is 0 Å². The second kappa shape index (κ2) is 5.27. The molecule has 1 heterocycles. The molecule has 0 spiro atoms. The van der Waals surface area contributed by atoms with Crippen LogP contribution in [0.1, 0.15) is 20.8 Å². The summed E-state index contributed by atoms with van der Waals surface area (Å²) in [4.78, 5) is 15.4. The van der Waals surface area contributed by atoms with Crippen LogP contribution in [0.3, 0.4) is 0 Å². The third-order valence-corrected chi connectivity index (χ3v) is 2.01. The highest BCUT2D eigenvalue weighted by atomic mass is 35.5. The van der Waals surface area contributed by atoms with Gasteiger partial charge in [-0.1, -0.05) is 11.6 Å². The van der Waals surface area contributed by atoms with E-state index in [1.165, 1.54) is 6.20 Å². The number of carbonyl (C=O) groups is 1. The number of hydrogen-bond acceptors (Lipinski definition) is 3. The summed E-state index contributed by atoms with van der Waals surface area (Å²) in [6.07, 6.45) is 1.53. The molecule has 88 valence electrons. The number of hydrogen-bond donors (Lipinski definition) is 2. The minimum Gasteiger partial charge on any atom is -0.324 e. The van der Waals surface area contributed by atoms with Crippen LogP contribution >= 0.6 is 11.6 Å². The van der Waals surface area contributed by atoms with Crippen LogP contribution < -0.4 is 10.6 Å². The first kappa shape index (κ1) is 12.9. The highest BCUT2D eigenvalue weighted by molar-refractivity contribution is 6.29. The quantitative estimate of drug-likeness (QED) is 0.797. The van der Waals surface area contributed by atoms with Gasteiger partial charge in [0.15, 0.2) is 0 Å². The van der Waals surface area contributed by atoms with Gasteiger partial charge in [-0.3, -0.25) is 4.79 Å². The highest BCUT2D eigenvalue weighted by Gasteiger charge is 2.11. The van der Waals surface area contributed by atoms with E-state index in [2.05, 4.69) is 15.6 Å². The maximum Gasteiger partial charge on any atom is 0.238 e. The molecule has 0 aliphatic rings. The maximum absolute atomic E-state index is 11.5. The van der Waals surface area contributed by atoms with Crippen molar-refractivity contribution in [3.05, 3.63) is 23.5 Å². The molecule has 0 aromatic carbocycles. The van der Waals surface area contributed by atoms with Crippen LogP contribution in [0.2, 0.25) is 5.15 Å². The van der Waals surface area contributed by atoms with Gasteiger partial charge in [0, 0.05) is 5.54 Å². The number of pyridine rings is 1. The van der Waals surface area contributed by atoms with Crippen molar-refractivity contribution in [3.63, 3.8) is 0 Å². The molecule has 0 fully saturated rings. The van der Waals surface area contributed by atoms with E-state index in [1.54, 1.807) is 12.1 Å². The van der Waals surface area contributed by atoms with Crippen molar-refractivity contribution in [2.75, 3.05) is 11.9 Å². The van der Waals surface area contributed by atoms with Crippen molar-refractivity contribution in [2.24, 2.45) is 0 Å². The first-order chi connectivity index (χ1) is 7.37. The Labute approximate surface area is 100 Å². The third kappa shape index (κ3) is 5.09. The van der Waals surface area contributed by atoms with E-state index in [-0.39, 0.29) is 18.0 Å². The van der Waals surface area contributed by atoms with Crippen LogP contribution in [0.25, 0.3) is 0 Å². The van der Waals surface area contributed by atoms with E-state index in [0.717, 1.165) is 0 Å². The minimum atomic E-state index is -0.0981. The van der Waals surface area contributed by atoms with Crippen molar-refractivity contribution >= 4 is 23.2 Å². The number of nitrogens with one attached hydrogen (secondary N) is 2. The molecule has 1 aromatic rings. The first-order valence-corrected chi connectivity index (χ1v) is 5.41. The van der Waals surface area contributed by atoms with Gasteiger partial charge in [0.05, 0.1) is 18.4 Å². The van der Waals surface area contributed by atoms with E-state index in [0.29, 0.717) is 10.8 Å². The summed E-state index contributed by atoms with van der Waals surface area (Å²) in [5.41, 5.74) is 0.570. The second-order valence-electron chi connectivity index (χ2n) is 4.52. The minimum absolute atomic E-state index is 0.0738. The molecule has 0 saturated heterocycles. The van der Waals surface area contributed by atoms with Crippen molar-refractivity contribution in [3.8, 4) is 0 Å². The monoisotopic (exact) mass is 241 g/mol. The van der Waals surface area contributed by atoms with E-state index < -0.39 is 0 Å². The molecule has 0 radical (unpaired) electrons. The number of anilines is 1. The summed E-state index contributed by atoms with van der Waals surface area (Å²) >= 11 is 5.63. The fourth-order valence-electron chi connectivity index (χ4n) is 1.00. The van der Waals surface area contributed by atoms with Gasteiger partial charge in [-0.15, -0.1) is 0 Å². The Balaban J connectivity index is 2.43. The van der Waals surface area contributed by atoms with Gasteiger partial charge in [-0.05, 0) is 32.9 Å². The van der Waals surface area contributed by atoms with E-state index in [1.807, 2.05) is 20.8 Å². The SMILES string of the molecule is CC(C)(C)NCC(=O)Nc1ccc(Cl)nc1. The molecule has 5 heteroatoms. The van der Waals surface area contributed by atoms with Crippen molar-refractivity contribution in [1.82, 2.24) is 10.3 Å². The molecule has 0 aliphatic carbocycles. The second-order valence-corrected chi connectivity index (χ2v) is 4.91. The molecule has 0 aliphatic heterocycles. The van der Waals surface area contributed by atoms with Crippen LogP contribution in [0.4, 0.5) is 5.69 Å². The average molecular weight is 242 g/mol. The predicted molar refractivity (Wildman–Crippen MR) is 65.6 cm³/mol. The van der Waals surface area contributed by atoms with Gasteiger partial charge < -0.3 is 10.6 Å². The smallest absolute Gasteiger partial charge is 0.238 e. The van der Waals surface area contributed by atoms with Gasteiger partial charge in [-0.25, -0.2) is 4.98 Å². The zero-order chi connectivity index (χ0) is 12.2. The molecule has 0 atom stereocenters. The zero-order valence-corrected chi connectivity index (χ0v) is 10.4. The molecule has 16 heavy (non-hydrogen) atoms. The van der Waals surface area contributed by atoms with Crippen molar-refractivity contribution < 1.29 is 4.79 Å². The number of rotatable bonds is 3. The molecular formula is C11H16ClN3O. The standard InChI is InChI=1S/C11H16ClN3O/c1-11(2,3)14-7-10(16)15-8-4-5-9(12)13-6-8/h4-6,14H,7H2,1-3H3,(H,15,16). The van der Waals surface area contributed by atoms with Gasteiger partial charge >= 0.3 is 0 Å². The normalized spacial score (nSPS) is 11.2. The summed E-state index contributed by atoms with van der Waals surface area (Å²) in [5.74, 6) is -0.0981. The van der Waals surface area contributed by atoms with E-state index in [9.17, 15) is 4.79 Å². The van der Waals surface area contributed by atoms with Crippen molar-refractivity contribution in [1.29, 1.82) is 0 Å². The number of aromatic nitrogens is 1. The lowest BCUT2D eigenvalue weighted by molar-refractivity contribution is -0.115. The summed E-state index contributed by atoms with van der Waals surface area (Å²) < 4.78 is 0. The Morgan fingerprint density at radius 2 is 2.12 bits per heavy atom. The Morgan fingerprint density at radius 1 is 1.44 bits per heavy atom. The Bertz CT molecular complexity index is 356. The molecule has 0 bridgehead atoms. The van der Waals surface area contributed by atoms with Gasteiger partial charge in [0.25, 0.3) is 0 Å². The molecule has 4 nitrogen and oxygen atoms in total. The largest absolute Gasteiger partial charge is 0.324 e. The first-order valence-electron chi connectivity index (χ1n) is 5.03. The van der Waals surface area contributed by atoms with Crippen LogP contribution in [-0.4, -0.2) is 23.0 Å². The van der Waals surface area contributed by atoms with Crippen molar-refractivity contribution in [2.45, 2.75) is 26.3 Å². The predicted octanol–water partition coefficient (Wildman–Crippen LogP) is 2.06. The lowest BCUT2D eigenvalue weighted by atomic mass is 10.1. The van der Waals surface area contributed by atoms with Crippen LogP contribution in [-0.2, 0) is 4.79 Å². The maximum atomic E-state index is 11.5. The molecule has 1 rings (SSSR count). The van der Waals surface area contributed by atoms with Gasteiger partial charge in [0.2, 0.25) is 5.91 Å². The highest BCUT2D eigenvalue weighted by Crippen LogP contribution is 2.09. The molecule has 2 N–H and O–H groups in total. The summed E-state index contributed by atoms with van der Waals surface area (Å²) in [5, 5.41) is 6.22. The summed E-state index contributed by atoms with van der Waals surface area (Å²) in [6.45, 7) is 6.28. The summed E-state index contributed by atoms with van der Waals surface area (Å²) in [7, 11) is 0. The Hall–Kier alpha value is -1.13.